The first kappa shape index (κ1) is 29.8. The number of hydrogen-bond acceptors (Lipinski definition) is 2. The lowest BCUT2D eigenvalue weighted by molar-refractivity contribution is 0.193. The largest absolute Gasteiger partial charge is 0.469 e. The molecule has 0 amide bonds. The van der Waals surface area contributed by atoms with Crippen molar-refractivity contribution in [1.82, 2.24) is 0 Å². The summed E-state index contributed by atoms with van der Waals surface area (Å²) in [6.07, 6.45) is 28.1. The van der Waals surface area contributed by atoms with Gasteiger partial charge < -0.3 is 9.79 Å². The van der Waals surface area contributed by atoms with Gasteiger partial charge >= 0.3 is 7.82 Å². The lowest BCUT2D eigenvalue weighted by Gasteiger charge is -2.05. The normalized spacial score (nSPS) is 12.0. The van der Waals surface area contributed by atoms with Crippen molar-refractivity contribution < 1.29 is 18.9 Å². The fourth-order valence-corrected chi connectivity index (χ4v) is 4.65. The number of halogens is 1. The molecule has 176 valence electrons. The van der Waals surface area contributed by atoms with E-state index in [4.69, 9.17) is 9.79 Å². The summed E-state index contributed by atoms with van der Waals surface area (Å²) >= 11 is 2.48. The molecular weight excluding hydrogens is 498 g/mol. The lowest BCUT2D eigenvalue weighted by Crippen LogP contribution is -1.92. The van der Waals surface area contributed by atoms with Crippen LogP contribution in [0.15, 0.2) is 0 Å². The Hall–Kier alpha value is 0.840. The Labute approximate surface area is 194 Å². The van der Waals surface area contributed by atoms with Crippen molar-refractivity contribution in [3.63, 3.8) is 0 Å². The summed E-state index contributed by atoms with van der Waals surface area (Å²) in [5, 5.41) is 0. The predicted molar refractivity (Wildman–Crippen MR) is 134 cm³/mol. The van der Waals surface area contributed by atoms with Crippen molar-refractivity contribution in [1.29, 1.82) is 0 Å². The van der Waals surface area contributed by atoms with Gasteiger partial charge in [-0.25, -0.2) is 4.57 Å². The Bertz CT molecular complexity index is 363. The zero-order valence-electron chi connectivity index (χ0n) is 18.8. The van der Waals surface area contributed by atoms with Gasteiger partial charge in [-0.1, -0.05) is 145 Å². The summed E-state index contributed by atoms with van der Waals surface area (Å²) in [7, 11) is -4.26. The van der Waals surface area contributed by atoms with Crippen LogP contribution in [0.2, 0.25) is 0 Å². The Balaban J connectivity index is 3.02. The van der Waals surface area contributed by atoms with Crippen LogP contribution in [0.5, 0.6) is 0 Å². The highest BCUT2D eigenvalue weighted by molar-refractivity contribution is 14.1. The van der Waals surface area contributed by atoms with Crippen LogP contribution in [0.3, 0.4) is 0 Å². The first-order chi connectivity index (χ1) is 14.1. The Morgan fingerprint density at radius 1 is 0.483 bits per heavy atom. The predicted octanol–water partition coefficient (Wildman–Crippen LogP) is 8.72. The van der Waals surface area contributed by atoms with E-state index in [-0.39, 0.29) is 6.61 Å². The summed E-state index contributed by atoms with van der Waals surface area (Å²) in [5.74, 6) is 0. The molecule has 0 aromatic rings. The van der Waals surface area contributed by atoms with E-state index in [1.807, 2.05) is 0 Å². The second kappa shape index (κ2) is 23.5. The molecule has 0 spiro atoms. The second-order valence-electron chi connectivity index (χ2n) is 8.44. The maximum Gasteiger partial charge on any atom is 0.469 e. The number of hydrogen-bond donors (Lipinski definition) is 2. The lowest BCUT2D eigenvalue weighted by atomic mass is 10.0. The SMILES string of the molecule is O=P(O)(O)OCCCCCCCCCCCCCCCCCCCCCCCI. The molecule has 6 heteroatoms. The molecule has 0 fully saturated rings. The molecule has 0 saturated heterocycles. The van der Waals surface area contributed by atoms with Crippen LogP contribution in [0.1, 0.15) is 135 Å². The van der Waals surface area contributed by atoms with Crippen LogP contribution >= 0.6 is 30.4 Å². The molecule has 0 aliphatic carbocycles. The first-order valence-corrected chi connectivity index (χ1v) is 15.4. The minimum atomic E-state index is -4.26. The summed E-state index contributed by atoms with van der Waals surface area (Å²) in [6.45, 7) is 0.170. The molecular formula is C23H48IO4P. The van der Waals surface area contributed by atoms with E-state index in [9.17, 15) is 4.57 Å². The maximum absolute atomic E-state index is 10.5. The third-order valence-corrected chi connectivity index (χ3v) is 6.82. The molecule has 0 atom stereocenters. The van der Waals surface area contributed by atoms with Crippen LogP contribution in [-0.4, -0.2) is 20.8 Å². The molecule has 0 radical (unpaired) electrons. The number of unbranched alkanes of at least 4 members (excludes halogenated alkanes) is 20. The molecule has 0 aromatic carbocycles. The highest BCUT2D eigenvalue weighted by Gasteiger charge is 2.12. The average molecular weight is 547 g/mol. The summed E-state index contributed by atoms with van der Waals surface area (Å²) < 4.78 is 16.3. The van der Waals surface area contributed by atoms with Gasteiger partial charge in [0.05, 0.1) is 6.61 Å². The van der Waals surface area contributed by atoms with Crippen LogP contribution in [0, 0.1) is 0 Å². The second-order valence-corrected chi connectivity index (χ2v) is 10.8. The Morgan fingerprint density at radius 2 is 0.724 bits per heavy atom. The highest BCUT2D eigenvalue weighted by atomic mass is 127. The summed E-state index contributed by atoms with van der Waals surface area (Å²) in [5.41, 5.74) is 0. The van der Waals surface area contributed by atoms with Crippen molar-refractivity contribution in [2.24, 2.45) is 0 Å². The molecule has 2 N–H and O–H groups in total. The fourth-order valence-electron chi connectivity index (χ4n) is 3.74. The molecule has 4 nitrogen and oxygen atoms in total. The third-order valence-electron chi connectivity index (χ3n) is 5.54. The van der Waals surface area contributed by atoms with Gasteiger partial charge in [0.2, 0.25) is 0 Å². The molecule has 0 bridgehead atoms. The minimum Gasteiger partial charge on any atom is -0.303 e. The van der Waals surface area contributed by atoms with Crippen molar-refractivity contribution in [2.75, 3.05) is 11.0 Å². The Morgan fingerprint density at radius 3 is 0.966 bits per heavy atom. The molecule has 0 aromatic heterocycles. The van der Waals surface area contributed by atoms with E-state index in [1.54, 1.807) is 0 Å². The molecule has 0 saturated carbocycles. The van der Waals surface area contributed by atoms with Crippen molar-refractivity contribution in [2.45, 2.75) is 135 Å². The van der Waals surface area contributed by atoms with Gasteiger partial charge in [0.15, 0.2) is 0 Å². The summed E-state index contributed by atoms with van der Waals surface area (Å²) in [4.78, 5) is 17.2. The smallest absolute Gasteiger partial charge is 0.303 e. The van der Waals surface area contributed by atoms with Gasteiger partial charge in [0.1, 0.15) is 0 Å². The minimum absolute atomic E-state index is 0.170. The molecule has 0 rings (SSSR count). The average Bonchev–Trinajstić information content (AvgIpc) is 2.67. The molecule has 29 heavy (non-hydrogen) atoms. The molecule has 0 aliphatic heterocycles. The van der Waals surface area contributed by atoms with Gasteiger partial charge in [-0.05, 0) is 17.3 Å². The van der Waals surface area contributed by atoms with Crippen LogP contribution < -0.4 is 0 Å². The third kappa shape index (κ3) is 28.8. The summed E-state index contributed by atoms with van der Waals surface area (Å²) in [6, 6.07) is 0. The van der Waals surface area contributed by atoms with E-state index in [0.717, 1.165) is 19.3 Å². The maximum atomic E-state index is 10.5. The number of phosphoric ester groups is 1. The zero-order valence-corrected chi connectivity index (χ0v) is 21.9. The first-order valence-electron chi connectivity index (χ1n) is 12.3. The number of alkyl halides is 1. The number of rotatable bonds is 24. The topological polar surface area (TPSA) is 66.8 Å². The van der Waals surface area contributed by atoms with Crippen molar-refractivity contribution in [3.05, 3.63) is 0 Å². The van der Waals surface area contributed by atoms with Gasteiger partial charge in [-0.2, -0.15) is 0 Å². The van der Waals surface area contributed by atoms with Gasteiger partial charge in [0, 0.05) is 0 Å². The van der Waals surface area contributed by atoms with E-state index < -0.39 is 7.82 Å². The monoisotopic (exact) mass is 546 g/mol. The van der Waals surface area contributed by atoms with Gasteiger partial charge in [-0.15, -0.1) is 0 Å². The molecule has 0 unspecified atom stereocenters. The zero-order chi connectivity index (χ0) is 21.5. The van der Waals surface area contributed by atoms with Crippen LogP contribution in [0.4, 0.5) is 0 Å². The van der Waals surface area contributed by atoms with Gasteiger partial charge in [0.25, 0.3) is 0 Å². The van der Waals surface area contributed by atoms with E-state index in [0.29, 0.717) is 0 Å². The van der Waals surface area contributed by atoms with E-state index in [1.165, 1.54) is 120 Å². The van der Waals surface area contributed by atoms with Crippen molar-refractivity contribution in [3.8, 4) is 0 Å². The molecule has 0 aliphatic rings. The number of phosphoric acid groups is 1. The fraction of sp³-hybridized carbons (Fsp3) is 1.00. The quantitative estimate of drug-likeness (QED) is 0.0550. The van der Waals surface area contributed by atoms with Crippen LogP contribution in [0.25, 0.3) is 0 Å². The van der Waals surface area contributed by atoms with E-state index in [2.05, 4.69) is 27.1 Å². The van der Waals surface area contributed by atoms with Crippen molar-refractivity contribution >= 4 is 30.4 Å². The van der Waals surface area contributed by atoms with E-state index >= 15 is 0 Å². The highest BCUT2D eigenvalue weighted by Crippen LogP contribution is 2.35. The Kier molecular flexibility index (Phi) is 24.2. The van der Waals surface area contributed by atoms with Gasteiger partial charge in [-0.3, -0.25) is 4.52 Å². The molecule has 0 heterocycles. The van der Waals surface area contributed by atoms with Crippen LogP contribution in [-0.2, 0) is 9.09 Å². The standard InChI is InChI=1S/C23H48IO4P/c24-22-20-18-16-14-12-10-8-6-4-2-1-3-5-7-9-11-13-15-17-19-21-23-28-29(25,26)27/h1-23H2,(H2,25,26,27).